The molecule has 1 atom stereocenters. The van der Waals surface area contributed by atoms with E-state index < -0.39 is 0 Å². The maximum Gasteiger partial charge on any atom is 0.166 e. The fraction of sp³-hybridized carbons (Fsp3) is 0.533. The molecule has 0 saturated carbocycles. The monoisotopic (exact) mass is 247 g/mol. The van der Waals surface area contributed by atoms with E-state index in [2.05, 4.69) is 5.32 Å². The molecule has 1 heterocycles. The first-order valence-electron chi connectivity index (χ1n) is 6.59. The van der Waals surface area contributed by atoms with Gasteiger partial charge in [0, 0.05) is 6.42 Å². The second-order valence-corrected chi connectivity index (χ2v) is 5.04. The summed E-state index contributed by atoms with van der Waals surface area (Å²) in [4.78, 5) is 12.3. The molecule has 1 N–H and O–H groups in total. The molecular weight excluding hydrogens is 226 g/mol. The number of methoxy groups -OCH3 is 1. The SMILES string of the molecule is COc1ccc(C)cc1C(=O)CC1CCCNC1. The average Bonchev–Trinajstić information content (AvgIpc) is 2.40. The van der Waals surface area contributed by atoms with Crippen molar-refractivity contribution in [2.45, 2.75) is 26.2 Å². The molecule has 1 saturated heterocycles. The summed E-state index contributed by atoms with van der Waals surface area (Å²) in [6.07, 6.45) is 2.93. The number of aryl methyl sites for hydroxylation is 1. The molecule has 0 bridgehead atoms. The van der Waals surface area contributed by atoms with Crippen molar-refractivity contribution in [1.82, 2.24) is 5.32 Å². The summed E-state index contributed by atoms with van der Waals surface area (Å²) >= 11 is 0. The Morgan fingerprint density at radius 3 is 3.00 bits per heavy atom. The van der Waals surface area contributed by atoms with Crippen LogP contribution in [-0.4, -0.2) is 26.0 Å². The van der Waals surface area contributed by atoms with Crippen molar-refractivity contribution >= 4 is 5.78 Å². The molecule has 0 aliphatic carbocycles. The first kappa shape index (κ1) is 13.1. The highest BCUT2D eigenvalue weighted by Gasteiger charge is 2.20. The molecule has 18 heavy (non-hydrogen) atoms. The molecule has 1 fully saturated rings. The first-order valence-corrected chi connectivity index (χ1v) is 6.59. The third-order valence-electron chi connectivity index (χ3n) is 3.53. The van der Waals surface area contributed by atoms with E-state index in [9.17, 15) is 4.79 Å². The normalized spacial score (nSPS) is 19.6. The van der Waals surface area contributed by atoms with Crippen molar-refractivity contribution in [3.05, 3.63) is 29.3 Å². The molecule has 1 aromatic carbocycles. The molecule has 2 rings (SSSR count). The lowest BCUT2D eigenvalue weighted by Gasteiger charge is -2.22. The topological polar surface area (TPSA) is 38.3 Å². The number of rotatable bonds is 4. The Morgan fingerprint density at radius 2 is 2.33 bits per heavy atom. The minimum Gasteiger partial charge on any atom is -0.496 e. The van der Waals surface area contributed by atoms with Gasteiger partial charge in [-0.15, -0.1) is 0 Å². The number of carbonyl (C=O) groups excluding carboxylic acids is 1. The highest BCUT2D eigenvalue weighted by atomic mass is 16.5. The van der Waals surface area contributed by atoms with Crippen LogP contribution in [0.5, 0.6) is 5.75 Å². The largest absolute Gasteiger partial charge is 0.496 e. The Hall–Kier alpha value is -1.35. The van der Waals surface area contributed by atoms with Gasteiger partial charge in [0.15, 0.2) is 5.78 Å². The van der Waals surface area contributed by atoms with Gasteiger partial charge >= 0.3 is 0 Å². The zero-order chi connectivity index (χ0) is 13.0. The molecular formula is C15H21NO2. The van der Waals surface area contributed by atoms with Gasteiger partial charge in [-0.2, -0.15) is 0 Å². The molecule has 1 aromatic rings. The summed E-state index contributed by atoms with van der Waals surface area (Å²) in [6.45, 7) is 4.04. The molecule has 3 nitrogen and oxygen atoms in total. The average molecular weight is 247 g/mol. The fourth-order valence-electron chi connectivity index (χ4n) is 2.51. The Bertz CT molecular complexity index is 423. The highest BCUT2D eigenvalue weighted by Crippen LogP contribution is 2.24. The van der Waals surface area contributed by atoms with Crippen LogP contribution in [0.25, 0.3) is 0 Å². The summed E-state index contributed by atoms with van der Waals surface area (Å²) in [6, 6.07) is 5.77. The van der Waals surface area contributed by atoms with Gasteiger partial charge < -0.3 is 10.1 Å². The van der Waals surface area contributed by atoms with E-state index in [1.54, 1.807) is 7.11 Å². The van der Waals surface area contributed by atoms with Gasteiger partial charge in [-0.25, -0.2) is 0 Å². The Labute approximate surface area is 109 Å². The maximum atomic E-state index is 12.3. The van der Waals surface area contributed by atoms with E-state index >= 15 is 0 Å². The van der Waals surface area contributed by atoms with E-state index in [0.717, 1.165) is 30.6 Å². The third kappa shape index (κ3) is 3.10. The lowest BCUT2D eigenvalue weighted by atomic mass is 9.91. The van der Waals surface area contributed by atoms with Crippen molar-refractivity contribution in [1.29, 1.82) is 0 Å². The van der Waals surface area contributed by atoms with Crippen LogP contribution >= 0.6 is 0 Å². The van der Waals surface area contributed by atoms with Gasteiger partial charge in [-0.1, -0.05) is 11.6 Å². The molecule has 1 aliphatic heterocycles. The summed E-state index contributed by atoms with van der Waals surface area (Å²) in [5.74, 6) is 1.36. The standard InChI is InChI=1S/C15H21NO2/c1-11-5-6-15(18-2)13(8-11)14(17)9-12-4-3-7-16-10-12/h5-6,8,12,16H,3-4,7,9-10H2,1-2H3. The van der Waals surface area contributed by atoms with Crippen LogP contribution in [0.4, 0.5) is 0 Å². The number of benzene rings is 1. The van der Waals surface area contributed by atoms with Gasteiger partial charge in [0.1, 0.15) is 5.75 Å². The van der Waals surface area contributed by atoms with Crippen LogP contribution in [0.2, 0.25) is 0 Å². The van der Waals surface area contributed by atoms with E-state index in [-0.39, 0.29) is 5.78 Å². The molecule has 1 aliphatic rings. The number of hydrogen-bond acceptors (Lipinski definition) is 3. The van der Waals surface area contributed by atoms with Crippen molar-refractivity contribution in [3.8, 4) is 5.75 Å². The Morgan fingerprint density at radius 1 is 1.50 bits per heavy atom. The van der Waals surface area contributed by atoms with E-state index in [1.165, 1.54) is 6.42 Å². The van der Waals surface area contributed by atoms with Crippen LogP contribution in [0, 0.1) is 12.8 Å². The van der Waals surface area contributed by atoms with Gasteiger partial charge in [0.25, 0.3) is 0 Å². The summed E-state index contributed by atoms with van der Waals surface area (Å²) in [5.41, 5.74) is 1.82. The molecule has 0 aromatic heterocycles. The first-order chi connectivity index (χ1) is 8.70. The van der Waals surface area contributed by atoms with Crippen molar-refractivity contribution in [2.75, 3.05) is 20.2 Å². The Balaban J connectivity index is 2.09. The number of nitrogens with one attached hydrogen (secondary N) is 1. The molecule has 1 unspecified atom stereocenters. The van der Waals surface area contributed by atoms with Crippen LogP contribution in [0.1, 0.15) is 35.2 Å². The molecule has 0 amide bonds. The third-order valence-corrected chi connectivity index (χ3v) is 3.53. The smallest absolute Gasteiger partial charge is 0.166 e. The van der Waals surface area contributed by atoms with Crippen molar-refractivity contribution < 1.29 is 9.53 Å². The predicted octanol–water partition coefficient (Wildman–Crippen LogP) is 2.58. The quantitative estimate of drug-likeness (QED) is 0.831. The lowest BCUT2D eigenvalue weighted by Crippen LogP contribution is -2.31. The van der Waals surface area contributed by atoms with Crippen LogP contribution < -0.4 is 10.1 Å². The molecule has 0 radical (unpaired) electrons. The minimum atomic E-state index is 0.198. The lowest BCUT2D eigenvalue weighted by molar-refractivity contribution is 0.0950. The highest BCUT2D eigenvalue weighted by molar-refractivity contribution is 5.99. The van der Waals surface area contributed by atoms with Gasteiger partial charge in [0.05, 0.1) is 12.7 Å². The van der Waals surface area contributed by atoms with Gasteiger partial charge in [-0.05, 0) is 50.9 Å². The molecule has 98 valence electrons. The zero-order valence-corrected chi connectivity index (χ0v) is 11.2. The summed E-state index contributed by atoms with van der Waals surface area (Å²) in [5, 5.41) is 3.35. The van der Waals surface area contributed by atoms with E-state index in [0.29, 0.717) is 18.1 Å². The zero-order valence-electron chi connectivity index (χ0n) is 11.2. The van der Waals surface area contributed by atoms with Crippen LogP contribution in [0.15, 0.2) is 18.2 Å². The van der Waals surface area contributed by atoms with Crippen molar-refractivity contribution in [2.24, 2.45) is 5.92 Å². The van der Waals surface area contributed by atoms with E-state index in [4.69, 9.17) is 4.74 Å². The van der Waals surface area contributed by atoms with Gasteiger partial charge in [-0.3, -0.25) is 4.79 Å². The minimum absolute atomic E-state index is 0.198. The number of ketones is 1. The number of carbonyl (C=O) groups is 1. The maximum absolute atomic E-state index is 12.3. The molecule has 0 spiro atoms. The van der Waals surface area contributed by atoms with Crippen LogP contribution in [-0.2, 0) is 0 Å². The number of Topliss-reactive ketones (excluding diaryl/α,β-unsaturated/α-hetero) is 1. The fourth-order valence-corrected chi connectivity index (χ4v) is 2.51. The Kier molecular flexibility index (Phi) is 4.37. The van der Waals surface area contributed by atoms with Crippen molar-refractivity contribution in [3.63, 3.8) is 0 Å². The van der Waals surface area contributed by atoms with Gasteiger partial charge in [0.2, 0.25) is 0 Å². The second-order valence-electron chi connectivity index (χ2n) is 5.04. The van der Waals surface area contributed by atoms with E-state index in [1.807, 2.05) is 25.1 Å². The number of ether oxygens (including phenoxy) is 1. The summed E-state index contributed by atoms with van der Waals surface area (Å²) < 4.78 is 5.27. The summed E-state index contributed by atoms with van der Waals surface area (Å²) in [7, 11) is 1.61. The molecule has 3 heteroatoms. The van der Waals surface area contributed by atoms with Crippen LogP contribution in [0.3, 0.4) is 0 Å². The predicted molar refractivity (Wildman–Crippen MR) is 72.3 cm³/mol. The number of hydrogen-bond donors (Lipinski definition) is 1. The second kappa shape index (κ2) is 6.01. The number of piperidine rings is 1.